The minimum Gasteiger partial charge on any atom is -0.490 e. The van der Waals surface area contributed by atoms with E-state index < -0.39 is 0 Å². The summed E-state index contributed by atoms with van der Waals surface area (Å²) in [6.07, 6.45) is 4.18. The van der Waals surface area contributed by atoms with E-state index in [9.17, 15) is 4.79 Å². The fraction of sp³-hybridized carbons (Fsp3) is 0.182. The summed E-state index contributed by atoms with van der Waals surface area (Å²) in [5.41, 5.74) is 2.48. The third-order valence-corrected chi connectivity index (χ3v) is 4.82. The Morgan fingerprint density at radius 2 is 1.90 bits per heavy atom. The molecule has 0 amide bonds. The number of benzene rings is 1. The molecule has 0 aliphatic carbocycles. The van der Waals surface area contributed by atoms with E-state index >= 15 is 0 Å². The van der Waals surface area contributed by atoms with Crippen molar-refractivity contribution in [2.45, 2.75) is 13.0 Å². The van der Waals surface area contributed by atoms with Crippen LogP contribution >= 0.6 is 0 Å². The maximum atomic E-state index is 12.8. The van der Waals surface area contributed by atoms with Crippen molar-refractivity contribution >= 4 is 17.0 Å². The van der Waals surface area contributed by atoms with Crippen LogP contribution in [0.25, 0.3) is 22.3 Å². The standard InChI is InChI=1S/C22H19N5O3/c28-21-19-15(16-4-1-2-8-23-16)7-9-24-20(19)26-22(27-21)25-13-14-5-6-17-18(12-14)30-11-3-10-29-17/h1-2,4-9,12H,3,10-11,13H2,(H2,24,25,26,27,28). The maximum absolute atomic E-state index is 12.8. The van der Waals surface area contributed by atoms with E-state index in [4.69, 9.17) is 9.47 Å². The number of nitrogens with zero attached hydrogens (tertiary/aromatic N) is 3. The summed E-state index contributed by atoms with van der Waals surface area (Å²) in [7, 11) is 0. The number of H-pyrrole nitrogens is 1. The number of fused-ring (bicyclic) bond motifs is 2. The molecule has 8 nitrogen and oxygen atoms in total. The molecule has 2 N–H and O–H groups in total. The molecule has 1 aromatic carbocycles. The molecule has 1 aliphatic heterocycles. The number of hydrogen-bond donors (Lipinski definition) is 2. The molecule has 8 heteroatoms. The van der Waals surface area contributed by atoms with Crippen molar-refractivity contribution in [3.8, 4) is 22.8 Å². The Bertz CT molecular complexity index is 1260. The quantitative estimate of drug-likeness (QED) is 0.541. The second-order valence-electron chi connectivity index (χ2n) is 6.87. The SMILES string of the molecule is O=c1[nH]c(NCc2ccc3c(c2)OCCCO3)nc2nccc(-c3ccccn3)c12. The molecule has 0 unspecified atom stereocenters. The fourth-order valence-corrected chi connectivity index (χ4v) is 3.39. The van der Waals surface area contributed by atoms with Gasteiger partial charge in [-0.3, -0.25) is 14.8 Å². The summed E-state index contributed by atoms with van der Waals surface area (Å²) in [6.45, 7) is 1.75. The second kappa shape index (κ2) is 7.82. The monoisotopic (exact) mass is 401 g/mol. The fourth-order valence-electron chi connectivity index (χ4n) is 3.39. The van der Waals surface area contributed by atoms with Crippen LogP contribution in [0.4, 0.5) is 5.95 Å². The topological polar surface area (TPSA) is 102 Å². The number of pyridine rings is 2. The predicted molar refractivity (Wildman–Crippen MR) is 113 cm³/mol. The van der Waals surface area contributed by atoms with Gasteiger partial charge in [0, 0.05) is 30.9 Å². The molecule has 150 valence electrons. The van der Waals surface area contributed by atoms with Crippen LogP contribution < -0.4 is 20.3 Å². The third kappa shape index (κ3) is 3.55. The van der Waals surface area contributed by atoms with Gasteiger partial charge >= 0.3 is 0 Å². The highest BCUT2D eigenvalue weighted by Gasteiger charge is 2.13. The van der Waals surface area contributed by atoms with E-state index in [0.717, 1.165) is 23.5 Å². The Labute approximate surface area is 171 Å². The first kappa shape index (κ1) is 18.1. The van der Waals surface area contributed by atoms with Crippen LogP contribution in [0.3, 0.4) is 0 Å². The molecule has 0 atom stereocenters. The Kier molecular flexibility index (Phi) is 4.72. The van der Waals surface area contributed by atoms with Gasteiger partial charge in [-0.25, -0.2) is 4.98 Å². The van der Waals surface area contributed by atoms with Crippen LogP contribution in [-0.4, -0.2) is 33.1 Å². The van der Waals surface area contributed by atoms with Gasteiger partial charge < -0.3 is 14.8 Å². The molecule has 0 radical (unpaired) electrons. The highest BCUT2D eigenvalue weighted by molar-refractivity contribution is 5.90. The zero-order valence-electron chi connectivity index (χ0n) is 16.1. The first-order valence-electron chi connectivity index (χ1n) is 9.71. The number of hydrogen-bond acceptors (Lipinski definition) is 7. The van der Waals surface area contributed by atoms with Gasteiger partial charge in [0.1, 0.15) is 0 Å². The molecule has 0 bridgehead atoms. The first-order chi connectivity index (χ1) is 14.8. The highest BCUT2D eigenvalue weighted by Crippen LogP contribution is 2.30. The van der Waals surface area contributed by atoms with Gasteiger partial charge in [-0.15, -0.1) is 0 Å². The number of ether oxygens (including phenoxy) is 2. The van der Waals surface area contributed by atoms with Gasteiger partial charge in [-0.2, -0.15) is 4.98 Å². The van der Waals surface area contributed by atoms with Crippen molar-refractivity contribution in [1.82, 2.24) is 19.9 Å². The van der Waals surface area contributed by atoms with Crippen LogP contribution in [0, 0.1) is 0 Å². The summed E-state index contributed by atoms with van der Waals surface area (Å²) in [6, 6.07) is 13.1. The molecule has 3 aromatic heterocycles. The summed E-state index contributed by atoms with van der Waals surface area (Å²) in [4.78, 5) is 28.7. The van der Waals surface area contributed by atoms with Gasteiger partial charge in [0.25, 0.3) is 5.56 Å². The van der Waals surface area contributed by atoms with Crippen molar-refractivity contribution in [3.63, 3.8) is 0 Å². The summed E-state index contributed by atoms with van der Waals surface area (Å²) in [5.74, 6) is 1.83. The van der Waals surface area contributed by atoms with Gasteiger partial charge in [0.05, 0.1) is 24.3 Å². The lowest BCUT2D eigenvalue weighted by Gasteiger charge is -2.11. The first-order valence-corrected chi connectivity index (χ1v) is 9.71. The summed E-state index contributed by atoms with van der Waals surface area (Å²) in [5, 5.41) is 3.57. The molecule has 30 heavy (non-hydrogen) atoms. The predicted octanol–water partition coefficient (Wildman–Crippen LogP) is 3.15. The van der Waals surface area contributed by atoms with Crippen molar-refractivity contribution in [2.75, 3.05) is 18.5 Å². The van der Waals surface area contributed by atoms with Crippen LogP contribution in [-0.2, 0) is 6.54 Å². The Morgan fingerprint density at radius 3 is 2.77 bits per heavy atom. The number of anilines is 1. The van der Waals surface area contributed by atoms with Crippen LogP contribution in [0.1, 0.15) is 12.0 Å². The Morgan fingerprint density at radius 1 is 1.00 bits per heavy atom. The lowest BCUT2D eigenvalue weighted by molar-refractivity contribution is 0.297. The molecule has 4 heterocycles. The highest BCUT2D eigenvalue weighted by atomic mass is 16.5. The lowest BCUT2D eigenvalue weighted by atomic mass is 10.1. The second-order valence-corrected chi connectivity index (χ2v) is 6.87. The zero-order valence-corrected chi connectivity index (χ0v) is 16.1. The number of aromatic amines is 1. The van der Waals surface area contributed by atoms with Crippen LogP contribution in [0.5, 0.6) is 11.5 Å². The van der Waals surface area contributed by atoms with Crippen LogP contribution in [0.2, 0.25) is 0 Å². The summed E-state index contributed by atoms with van der Waals surface area (Å²) >= 11 is 0. The molecule has 0 fully saturated rings. The average molecular weight is 401 g/mol. The molecular formula is C22H19N5O3. The normalized spacial score (nSPS) is 13.1. The molecule has 0 saturated heterocycles. The third-order valence-electron chi connectivity index (χ3n) is 4.82. The van der Waals surface area contributed by atoms with Crippen molar-refractivity contribution in [3.05, 3.63) is 70.8 Å². The Hall–Kier alpha value is -3.94. The van der Waals surface area contributed by atoms with E-state index in [1.165, 1.54) is 0 Å². The molecule has 0 spiro atoms. The van der Waals surface area contributed by atoms with Crippen LogP contribution in [0.15, 0.2) is 59.7 Å². The number of nitrogens with one attached hydrogen (secondary N) is 2. The molecule has 0 saturated carbocycles. The molecule has 4 aromatic rings. The van der Waals surface area contributed by atoms with Gasteiger partial charge in [-0.05, 0) is 35.9 Å². The van der Waals surface area contributed by atoms with E-state index in [2.05, 4.69) is 25.3 Å². The molecule has 1 aliphatic rings. The lowest BCUT2D eigenvalue weighted by Crippen LogP contribution is -2.14. The number of aromatic nitrogens is 4. The van der Waals surface area contributed by atoms with E-state index in [0.29, 0.717) is 48.0 Å². The van der Waals surface area contributed by atoms with Gasteiger partial charge in [-0.1, -0.05) is 12.1 Å². The Balaban J connectivity index is 1.42. The van der Waals surface area contributed by atoms with E-state index in [-0.39, 0.29) is 5.56 Å². The van der Waals surface area contributed by atoms with E-state index in [1.807, 2.05) is 36.4 Å². The maximum Gasteiger partial charge on any atom is 0.262 e. The minimum absolute atomic E-state index is 0.269. The molecule has 5 rings (SSSR count). The zero-order chi connectivity index (χ0) is 20.3. The number of rotatable bonds is 4. The minimum atomic E-state index is -0.269. The largest absolute Gasteiger partial charge is 0.490 e. The van der Waals surface area contributed by atoms with Gasteiger partial charge in [0.2, 0.25) is 5.95 Å². The summed E-state index contributed by atoms with van der Waals surface area (Å²) < 4.78 is 11.4. The van der Waals surface area contributed by atoms with Crippen molar-refractivity contribution in [2.24, 2.45) is 0 Å². The van der Waals surface area contributed by atoms with Crippen molar-refractivity contribution in [1.29, 1.82) is 0 Å². The van der Waals surface area contributed by atoms with Crippen molar-refractivity contribution < 1.29 is 9.47 Å². The molecular weight excluding hydrogens is 382 g/mol. The average Bonchev–Trinajstić information content (AvgIpc) is 3.03. The smallest absolute Gasteiger partial charge is 0.262 e. The van der Waals surface area contributed by atoms with Gasteiger partial charge in [0.15, 0.2) is 17.1 Å². The van der Waals surface area contributed by atoms with E-state index in [1.54, 1.807) is 18.5 Å².